The number of aromatic hydroxyl groups is 1. The average molecular weight is 302 g/mol. The van der Waals surface area contributed by atoms with Gasteiger partial charge in [-0.2, -0.15) is 0 Å². The number of carboxylic acids is 1. The lowest BCUT2D eigenvalue weighted by atomic mass is 9.97. The monoisotopic (exact) mass is 301 g/mol. The summed E-state index contributed by atoms with van der Waals surface area (Å²) < 4.78 is 0.623. The second-order valence-corrected chi connectivity index (χ2v) is 4.90. The number of aliphatic carboxylic acids is 1. The minimum atomic E-state index is -0.886. The van der Waals surface area contributed by atoms with Crippen LogP contribution in [-0.2, 0) is 4.79 Å². The summed E-state index contributed by atoms with van der Waals surface area (Å²) in [7, 11) is 0. The van der Waals surface area contributed by atoms with Crippen LogP contribution in [0, 0.1) is 13.8 Å². The van der Waals surface area contributed by atoms with Crippen LogP contribution in [-0.4, -0.2) is 16.2 Å². The normalized spacial score (nSPS) is 12.5. The Balaban J connectivity index is 3.02. The van der Waals surface area contributed by atoms with E-state index in [1.54, 1.807) is 0 Å². The van der Waals surface area contributed by atoms with Crippen molar-refractivity contribution in [1.29, 1.82) is 0 Å². The summed E-state index contributed by atoms with van der Waals surface area (Å²) in [6.07, 6.45) is 0.295. The molecule has 0 aromatic heterocycles. The number of nitrogens with two attached hydrogens (primary N) is 1. The summed E-state index contributed by atoms with van der Waals surface area (Å²) >= 11 is 3.31. The zero-order valence-corrected chi connectivity index (χ0v) is 11.4. The molecule has 0 saturated heterocycles. The first-order valence-corrected chi connectivity index (χ1v) is 6.09. The first-order valence-electron chi connectivity index (χ1n) is 5.30. The molecule has 0 spiro atoms. The van der Waals surface area contributed by atoms with Crippen molar-refractivity contribution >= 4 is 21.9 Å². The molecule has 0 aliphatic heterocycles. The maximum Gasteiger partial charge on any atom is 0.303 e. The zero-order valence-electron chi connectivity index (χ0n) is 9.83. The van der Waals surface area contributed by atoms with E-state index in [-0.39, 0.29) is 12.2 Å². The number of hydrogen-bond donors (Lipinski definition) is 3. The smallest absolute Gasteiger partial charge is 0.303 e. The van der Waals surface area contributed by atoms with Gasteiger partial charge in [0.2, 0.25) is 0 Å². The molecule has 94 valence electrons. The van der Waals surface area contributed by atoms with E-state index in [1.807, 2.05) is 19.9 Å². The number of hydrogen-bond acceptors (Lipinski definition) is 3. The van der Waals surface area contributed by atoms with Gasteiger partial charge in [0.15, 0.2) is 0 Å². The van der Waals surface area contributed by atoms with Crippen molar-refractivity contribution in [2.45, 2.75) is 32.7 Å². The minimum absolute atomic E-state index is 0.00878. The van der Waals surface area contributed by atoms with E-state index in [0.717, 1.165) is 11.1 Å². The quantitative estimate of drug-likeness (QED) is 0.798. The van der Waals surface area contributed by atoms with Crippen molar-refractivity contribution in [2.75, 3.05) is 0 Å². The van der Waals surface area contributed by atoms with E-state index in [1.165, 1.54) is 0 Å². The van der Waals surface area contributed by atoms with E-state index < -0.39 is 12.0 Å². The summed E-state index contributed by atoms with van der Waals surface area (Å²) in [5.74, 6) is -0.783. The van der Waals surface area contributed by atoms with Crippen molar-refractivity contribution in [1.82, 2.24) is 0 Å². The van der Waals surface area contributed by atoms with Gasteiger partial charge in [0, 0.05) is 18.0 Å². The van der Waals surface area contributed by atoms with Gasteiger partial charge in [-0.15, -0.1) is 0 Å². The van der Waals surface area contributed by atoms with E-state index in [0.29, 0.717) is 16.5 Å². The van der Waals surface area contributed by atoms with Gasteiger partial charge >= 0.3 is 5.97 Å². The number of aryl methyl sites for hydroxylation is 1. The molecule has 1 aromatic rings. The predicted octanol–water partition coefficient (Wildman–Crippen LogP) is 2.64. The third-order valence-corrected chi connectivity index (χ3v) is 3.81. The maximum absolute atomic E-state index is 10.5. The Bertz CT molecular complexity index is 446. The molecular weight excluding hydrogens is 286 g/mol. The van der Waals surface area contributed by atoms with Gasteiger partial charge in [-0.25, -0.2) is 0 Å². The minimum Gasteiger partial charge on any atom is -0.506 e. The largest absolute Gasteiger partial charge is 0.506 e. The molecular formula is C12H16BrNO3. The van der Waals surface area contributed by atoms with Crippen LogP contribution < -0.4 is 5.73 Å². The Morgan fingerprint density at radius 2 is 2.12 bits per heavy atom. The molecule has 0 saturated carbocycles. The first kappa shape index (κ1) is 14.0. The van der Waals surface area contributed by atoms with Gasteiger partial charge in [-0.3, -0.25) is 4.79 Å². The van der Waals surface area contributed by atoms with E-state index in [9.17, 15) is 9.90 Å². The van der Waals surface area contributed by atoms with Crippen LogP contribution in [0.4, 0.5) is 0 Å². The molecule has 4 nitrogen and oxygen atoms in total. The third-order valence-electron chi connectivity index (χ3n) is 2.84. The van der Waals surface area contributed by atoms with Gasteiger partial charge in [-0.05, 0) is 47.3 Å². The Kier molecular flexibility index (Phi) is 4.54. The second kappa shape index (κ2) is 5.51. The Morgan fingerprint density at radius 1 is 1.53 bits per heavy atom. The molecule has 4 N–H and O–H groups in total. The van der Waals surface area contributed by atoms with Gasteiger partial charge in [0.1, 0.15) is 5.75 Å². The van der Waals surface area contributed by atoms with E-state index in [2.05, 4.69) is 15.9 Å². The van der Waals surface area contributed by atoms with Crippen molar-refractivity contribution in [3.63, 3.8) is 0 Å². The average Bonchev–Trinajstić information content (AvgIpc) is 2.28. The molecule has 0 bridgehead atoms. The van der Waals surface area contributed by atoms with Gasteiger partial charge < -0.3 is 15.9 Å². The van der Waals surface area contributed by atoms with E-state index >= 15 is 0 Å². The van der Waals surface area contributed by atoms with Gasteiger partial charge in [-0.1, -0.05) is 6.07 Å². The lowest BCUT2D eigenvalue weighted by Gasteiger charge is -2.16. The molecule has 5 heteroatoms. The highest BCUT2D eigenvalue weighted by atomic mass is 79.9. The number of carboxylic acid groups (broad SMARTS) is 1. The fourth-order valence-corrected chi connectivity index (χ4v) is 2.15. The van der Waals surface area contributed by atoms with Crippen LogP contribution in [0.1, 0.15) is 35.6 Å². The van der Waals surface area contributed by atoms with Crippen LogP contribution in [0.2, 0.25) is 0 Å². The third kappa shape index (κ3) is 3.20. The highest BCUT2D eigenvalue weighted by Crippen LogP contribution is 2.36. The molecule has 0 radical (unpaired) electrons. The first-order chi connectivity index (χ1) is 7.84. The van der Waals surface area contributed by atoms with Crippen LogP contribution in [0.5, 0.6) is 5.75 Å². The zero-order chi connectivity index (χ0) is 13.2. The van der Waals surface area contributed by atoms with Crippen LogP contribution in [0.3, 0.4) is 0 Å². The Labute approximate surface area is 109 Å². The van der Waals surface area contributed by atoms with E-state index in [4.69, 9.17) is 10.8 Å². The second-order valence-electron chi connectivity index (χ2n) is 4.11. The standard InChI is InChI=1S/C12H16BrNO3/c1-6-5-8(9(14)3-4-10(15)16)12(17)11(13)7(6)2/h5,9,17H,3-4,14H2,1-2H3,(H,15,16). The SMILES string of the molecule is Cc1cc(C(N)CCC(=O)O)c(O)c(Br)c1C. The molecule has 0 aliphatic rings. The number of phenolic OH excluding ortho intramolecular Hbond substituents is 1. The summed E-state index contributed by atoms with van der Waals surface area (Å²) in [5.41, 5.74) is 8.44. The summed E-state index contributed by atoms with van der Waals surface area (Å²) in [4.78, 5) is 10.5. The number of rotatable bonds is 4. The fourth-order valence-electron chi connectivity index (χ4n) is 1.60. The van der Waals surface area contributed by atoms with Crippen LogP contribution >= 0.6 is 15.9 Å². The Morgan fingerprint density at radius 3 is 2.65 bits per heavy atom. The van der Waals surface area contributed by atoms with Crippen molar-refractivity contribution in [2.24, 2.45) is 5.73 Å². The predicted molar refractivity (Wildman–Crippen MR) is 69.1 cm³/mol. The molecule has 1 unspecified atom stereocenters. The fraction of sp³-hybridized carbons (Fsp3) is 0.417. The highest BCUT2D eigenvalue weighted by molar-refractivity contribution is 9.10. The Hall–Kier alpha value is -1.07. The molecule has 1 atom stereocenters. The topological polar surface area (TPSA) is 83.6 Å². The van der Waals surface area contributed by atoms with Crippen molar-refractivity contribution < 1.29 is 15.0 Å². The number of carbonyl (C=O) groups is 1. The molecule has 0 fully saturated rings. The molecule has 0 amide bonds. The summed E-state index contributed by atoms with van der Waals surface area (Å²) in [6, 6.07) is 1.34. The molecule has 1 rings (SSSR count). The summed E-state index contributed by atoms with van der Waals surface area (Å²) in [5, 5.41) is 18.6. The summed E-state index contributed by atoms with van der Waals surface area (Å²) in [6.45, 7) is 3.82. The van der Waals surface area contributed by atoms with Crippen LogP contribution in [0.25, 0.3) is 0 Å². The molecule has 0 aliphatic carbocycles. The lowest BCUT2D eigenvalue weighted by molar-refractivity contribution is -0.137. The lowest BCUT2D eigenvalue weighted by Crippen LogP contribution is -2.13. The number of phenols is 1. The van der Waals surface area contributed by atoms with Crippen LogP contribution in [0.15, 0.2) is 10.5 Å². The van der Waals surface area contributed by atoms with Gasteiger partial charge in [0.25, 0.3) is 0 Å². The maximum atomic E-state index is 10.5. The highest BCUT2D eigenvalue weighted by Gasteiger charge is 2.17. The van der Waals surface area contributed by atoms with Gasteiger partial charge in [0.05, 0.1) is 4.47 Å². The number of halogens is 1. The number of benzene rings is 1. The molecule has 17 heavy (non-hydrogen) atoms. The molecule has 1 aromatic carbocycles. The van der Waals surface area contributed by atoms with Crippen molar-refractivity contribution in [3.8, 4) is 5.75 Å². The van der Waals surface area contributed by atoms with Crippen molar-refractivity contribution in [3.05, 3.63) is 27.2 Å². The molecule has 0 heterocycles.